The molecule has 1 aliphatic carbocycles. The molecule has 1 saturated carbocycles. The average molecular weight is 365 g/mol. The molecule has 1 aliphatic rings. The third kappa shape index (κ3) is 3.92. The summed E-state index contributed by atoms with van der Waals surface area (Å²) in [5.74, 6) is 1.90. The minimum Gasteiger partial charge on any atom is -0.349 e. The van der Waals surface area contributed by atoms with Gasteiger partial charge in [0.25, 0.3) is 0 Å². The molecule has 2 aromatic rings. The zero-order valence-electron chi connectivity index (χ0n) is 13.8. The minimum atomic E-state index is -0.127. The summed E-state index contributed by atoms with van der Waals surface area (Å²) < 4.78 is 2.12. The molecule has 5 nitrogen and oxygen atoms in total. The second-order valence-corrected chi connectivity index (χ2v) is 7.31. The lowest BCUT2D eigenvalue weighted by Gasteiger charge is -2.15. The molecule has 0 bridgehead atoms. The zero-order chi connectivity index (χ0) is 17.1. The van der Waals surface area contributed by atoms with Crippen LogP contribution in [0.5, 0.6) is 0 Å². The van der Waals surface area contributed by atoms with E-state index in [-0.39, 0.29) is 11.9 Å². The fraction of sp³-hybridized carbons (Fsp3) is 0.471. The third-order valence-electron chi connectivity index (χ3n) is 4.09. The van der Waals surface area contributed by atoms with Crippen molar-refractivity contribution in [2.24, 2.45) is 0 Å². The number of carbonyl (C=O) groups excluding carboxylic acids is 1. The van der Waals surface area contributed by atoms with Gasteiger partial charge in [0.1, 0.15) is 5.82 Å². The first-order chi connectivity index (χ1) is 11.6. The predicted molar refractivity (Wildman–Crippen MR) is 96.4 cm³/mol. The van der Waals surface area contributed by atoms with E-state index in [4.69, 9.17) is 11.6 Å². The number of benzene rings is 1. The van der Waals surface area contributed by atoms with E-state index in [1.807, 2.05) is 31.2 Å². The molecule has 1 atom stereocenters. The van der Waals surface area contributed by atoms with Gasteiger partial charge in [-0.15, -0.1) is 10.2 Å². The standard InChI is InChI=1S/C17H21ClN4OS/c1-3-22-16(12-8-9-12)20-21-17(22)24-10-15(23)19-11(2)13-6-4-5-7-14(13)18/h4-7,11-12H,3,8-10H2,1-2H3,(H,19,23)/t11-/m1/s1. The van der Waals surface area contributed by atoms with Crippen LogP contribution in [0.4, 0.5) is 0 Å². The second-order valence-electron chi connectivity index (χ2n) is 5.96. The summed E-state index contributed by atoms with van der Waals surface area (Å²) in [4.78, 5) is 12.2. The number of hydrogen-bond donors (Lipinski definition) is 1. The van der Waals surface area contributed by atoms with E-state index in [0.717, 1.165) is 23.1 Å². The van der Waals surface area contributed by atoms with E-state index in [1.54, 1.807) is 0 Å². The highest BCUT2D eigenvalue weighted by atomic mass is 35.5. The molecular formula is C17H21ClN4OS. The SMILES string of the molecule is CCn1c(SCC(=O)N[C@H](C)c2ccccc2Cl)nnc1C1CC1. The van der Waals surface area contributed by atoms with Crippen molar-refractivity contribution in [1.82, 2.24) is 20.1 Å². The highest BCUT2D eigenvalue weighted by Gasteiger charge is 2.30. The van der Waals surface area contributed by atoms with Crippen molar-refractivity contribution >= 4 is 29.3 Å². The molecule has 1 fully saturated rings. The lowest BCUT2D eigenvalue weighted by molar-refractivity contribution is -0.119. The smallest absolute Gasteiger partial charge is 0.230 e. The Morgan fingerprint density at radius 2 is 2.17 bits per heavy atom. The van der Waals surface area contributed by atoms with Crippen LogP contribution in [0.2, 0.25) is 5.02 Å². The molecular weight excluding hydrogens is 344 g/mol. The molecule has 0 unspecified atom stereocenters. The summed E-state index contributed by atoms with van der Waals surface area (Å²) in [6.45, 7) is 4.85. The summed E-state index contributed by atoms with van der Waals surface area (Å²) in [7, 11) is 0. The van der Waals surface area contributed by atoms with E-state index in [9.17, 15) is 4.79 Å². The van der Waals surface area contributed by atoms with E-state index in [2.05, 4.69) is 27.0 Å². The molecule has 24 heavy (non-hydrogen) atoms. The largest absolute Gasteiger partial charge is 0.349 e. The average Bonchev–Trinajstić information content (AvgIpc) is 3.33. The molecule has 0 radical (unpaired) electrons. The number of amides is 1. The maximum absolute atomic E-state index is 12.2. The fourth-order valence-corrected chi connectivity index (χ4v) is 3.78. The topological polar surface area (TPSA) is 59.8 Å². The number of halogens is 1. The van der Waals surface area contributed by atoms with Crippen LogP contribution in [-0.2, 0) is 11.3 Å². The van der Waals surface area contributed by atoms with Crippen molar-refractivity contribution in [2.75, 3.05) is 5.75 Å². The van der Waals surface area contributed by atoms with Crippen LogP contribution < -0.4 is 5.32 Å². The van der Waals surface area contributed by atoms with Gasteiger partial charge in [0, 0.05) is 17.5 Å². The molecule has 1 N–H and O–H groups in total. The van der Waals surface area contributed by atoms with Gasteiger partial charge in [-0.3, -0.25) is 4.79 Å². The Balaban J connectivity index is 1.57. The Bertz CT molecular complexity index is 729. The van der Waals surface area contributed by atoms with Crippen LogP contribution in [0.1, 0.15) is 50.0 Å². The summed E-state index contributed by atoms with van der Waals surface area (Å²) in [6, 6.07) is 7.43. The Kier molecular flexibility index (Phi) is 5.46. The lowest BCUT2D eigenvalue weighted by atomic mass is 10.1. The number of nitrogens with zero attached hydrogens (tertiary/aromatic N) is 3. The van der Waals surface area contributed by atoms with Gasteiger partial charge in [0.2, 0.25) is 5.91 Å². The van der Waals surface area contributed by atoms with Gasteiger partial charge < -0.3 is 9.88 Å². The van der Waals surface area contributed by atoms with Crippen LogP contribution >= 0.6 is 23.4 Å². The zero-order valence-corrected chi connectivity index (χ0v) is 15.4. The molecule has 0 spiro atoms. The maximum Gasteiger partial charge on any atom is 0.230 e. The number of hydrogen-bond acceptors (Lipinski definition) is 4. The second kappa shape index (κ2) is 7.57. The Morgan fingerprint density at radius 3 is 2.83 bits per heavy atom. The quantitative estimate of drug-likeness (QED) is 0.759. The Labute approximate surface area is 151 Å². The van der Waals surface area contributed by atoms with E-state index < -0.39 is 0 Å². The summed E-state index contributed by atoms with van der Waals surface area (Å²) >= 11 is 7.61. The van der Waals surface area contributed by atoms with Gasteiger partial charge in [0.15, 0.2) is 5.16 Å². The van der Waals surface area contributed by atoms with Gasteiger partial charge in [-0.05, 0) is 38.3 Å². The number of rotatable bonds is 7. The van der Waals surface area contributed by atoms with Crippen LogP contribution in [0, 0.1) is 0 Å². The van der Waals surface area contributed by atoms with Crippen molar-refractivity contribution in [2.45, 2.75) is 50.4 Å². The van der Waals surface area contributed by atoms with Crippen molar-refractivity contribution in [3.05, 3.63) is 40.7 Å². The van der Waals surface area contributed by atoms with Gasteiger partial charge >= 0.3 is 0 Å². The fourth-order valence-electron chi connectivity index (χ4n) is 2.66. The molecule has 0 aliphatic heterocycles. The van der Waals surface area contributed by atoms with E-state index in [1.165, 1.54) is 24.6 Å². The van der Waals surface area contributed by atoms with Gasteiger partial charge in [-0.25, -0.2) is 0 Å². The van der Waals surface area contributed by atoms with Crippen molar-refractivity contribution in [1.29, 1.82) is 0 Å². The van der Waals surface area contributed by atoms with Gasteiger partial charge in [0.05, 0.1) is 11.8 Å². The van der Waals surface area contributed by atoms with Gasteiger partial charge in [-0.2, -0.15) is 0 Å². The van der Waals surface area contributed by atoms with Gasteiger partial charge in [-0.1, -0.05) is 41.6 Å². The van der Waals surface area contributed by atoms with Crippen LogP contribution in [0.3, 0.4) is 0 Å². The lowest BCUT2D eigenvalue weighted by Crippen LogP contribution is -2.28. The molecule has 128 valence electrons. The third-order valence-corrected chi connectivity index (χ3v) is 5.40. The van der Waals surface area contributed by atoms with Crippen LogP contribution in [-0.4, -0.2) is 26.4 Å². The molecule has 0 saturated heterocycles. The number of carbonyl (C=O) groups is 1. The normalized spacial score (nSPS) is 15.3. The van der Waals surface area contributed by atoms with E-state index >= 15 is 0 Å². The Hall–Kier alpha value is -1.53. The van der Waals surface area contributed by atoms with E-state index in [0.29, 0.717) is 16.7 Å². The molecule has 1 aromatic carbocycles. The highest BCUT2D eigenvalue weighted by Crippen LogP contribution is 2.39. The molecule has 7 heteroatoms. The monoisotopic (exact) mass is 364 g/mol. The number of aromatic nitrogens is 3. The van der Waals surface area contributed by atoms with Crippen molar-refractivity contribution < 1.29 is 4.79 Å². The minimum absolute atomic E-state index is 0.0361. The molecule has 3 rings (SSSR count). The predicted octanol–water partition coefficient (Wildman–Crippen LogP) is 3.80. The van der Waals surface area contributed by atoms with Crippen LogP contribution in [0.15, 0.2) is 29.4 Å². The molecule has 1 heterocycles. The molecule has 1 aromatic heterocycles. The van der Waals surface area contributed by atoms with Crippen LogP contribution in [0.25, 0.3) is 0 Å². The summed E-state index contributed by atoms with van der Waals surface area (Å²) in [5.41, 5.74) is 0.922. The number of nitrogens with one attached hydrogen (secondary N) is 1. The van der Waals surface area contributed by atoms with Crippen molar-refractivity contribution in [3.8, 4) is 0 Å². The summed E-state index contributed by atoms with van der Waals surface area (Å²) in [6.07, 6.45) is 2.39. The first-order valence-corrected chi connectivity index (χ1v) is 9.56. The molecule has 1 amide bonds. The van der Waals surface area contributed by atoms with Crippen molar-refractivity contribution in [3.63, 3.8) is 0 Å². The maximum atomic E-state index is 12.2. The Morgan fingerprint density at radius 1 is 1.42 bits per heavy atom. The highest BCUT2D eigenvalue weighted by molar-refractivity contribution is 7.99. The number of thioether (sulfide) groups is 1. The first-order valence-electron chi connectivity index (χ1n) is 8.19. The first kappa shape index (κ1) is 17.3. The summed E-state index contributed by atoms with van der Waals surface area (Å²) in [5, 5.41) is 13.0.